The molecule has 94 valence electrons. The zero-order chi connectivity index (χ0) is 13.0. The number of aliphatic carboxylic acids is 1. The number of aliphatic hydroxyl groups excluding tert-OH is 1. The Labute approximate surface area is 95.4 Å². The molecule has 1 aliphatic heterocycles. The number of hydrogen-bond acceptors (Lipinski definition) is 5. The van der Waals surface area contributed by atoms with Crippen LogP contribution in [-0.2, 0) is 14.4 Å². The van der Waals surface area contributed by atoms with Crippen molar-refractivity contribution in [1.29, 1.82) is 0 Å². The molecule has 0 aromatic carbocycles. The number of imide groups is 1. The van der Waals surface area contributed by atoms with Crippen LogP contribution >= 0.6 is 0 Å². The second kappa shape index (κ2) is 5.25. The second-order valence-electron chi connectivity index (χ2n) is 3.35. The Bertz CT molecular complexity index is 352. The van der Waals surface area contributed by atoms with Crippen LogP contribution in [-0.4, -0.2) is 64.7 Å². The van der Waals surface area contributed by atoms with E-state index in [4.69, 9.17) is 10.2 Å². The zero-order valence-corrected chi connectivity index (χ0v) is 8.67. The Morgan fingerprint density at radius 1 is 1.35 bits per heavy atom. The maximum atomic E-state index is 11.5. The van der Waals surface area contributed by atoms with Crippen LogP contribution < -0.4 is 10.6 Å². The number of carbonyl (C=O) groups excluding carboxylic acids is 3. The van der Waals surface area contributed by atoms with E-state index in [2.05, 4.69) is 0 Å². The van der Waals surface area contributed by atoms with E-state index in [0.29, 0.717) is 0 Å². The molecule has 0 spiro atoms. The molecule has 9 heteroatoms. The van der Waals surface area contributed by atoms with Crippen molar-refractivity contribution in [3.8, 4) is 0 Å². The van der Waals surface area contributed by atoms with Crippen molar-refractivity contribution in [3.05, 3.63) is 0 Å². The number of nitrogens with zero attached hydrogens (tertiary/aromatic N) is 1. The number of hydrogen-bond donors (Lipinski definition) is 4. The third kappa shape index (κ3) is 3.41. The lowest BCUT2D eigenvalue weighted by Gasteiger charge is -2.26. The highest BCUT2D eigenvalue weighted by Crippen LogP contribution is 1.96. The average molecular weight is 245 g/mol. The van der Waals surface area contributed by atoms with E-state index >= 15 is 0 Å². The normalized spacial score (nSPS) is 17.4. The summed E-state index contributed by atoms with van der Waals surface area (Å²) in [4.78, 5) is 44.8. The molecule has 1 rings (SSSR count). The van der Waals surface area contributed by atoms with Gasteiger partial charge >= 0.3 is 12.0 Å². The van der Waals surface area contributed by atoms with Gasteiger partial charge in [0, 0.05) is 0 Å². The zero-order valence-electron chi connectivity index (χ0n) is 8.67. The van der Waals surface area contributed by atoms with Gasteiger partial charge in [0.05, 0.1) is 6.61 Å². The van der Waals surface area contributed by atoms with E-state index in [1.54, 1.807) is 0 Å². The fourth-order valence-electron chi connectivity index (χ4n) is 1.21. The number of piperazine rings is 1. The molecule has 0 aromatic heterocycles. The first-order chi connectivity index (χ1) is 7.93. The summed E-state index contributed by atoms with van der Waals surface area (Å²) in [6.07, 6.45) is 0. The predicted octanol–water partition coefficient (Wildman–Crippen LogP) is -2.90. The molecule has 4 N–H and O–H groups in total. The fourth-order valence-corrected chi connectivity index (χ4v) is 1.21. The van der Waals surface area contributed by atoms with E-state index in [1.165, 1.54) is 0 Å². The lowest BCUT2D eigenvalue weighted by Crippen LogP contribution is -2.58. The van der Waals surface area contributed by atoms with Crippen molar-refractivity contribution in [3.63, 3.8) is 0 Å². The largest absolute Gasteiger partial charge is 0.480 e. The van der Waals surface area contributed by atoms with Gasteiger partial charge in [0.15, 0.2) is 6.04 Å². The number of carboxylic acids is 1. The number of nitrogens with one attached hydrogen (secondary N) is 2. The van der Waals surface area contributed by atoms with Crippen LogP contribution in [0.5, 0.6) is 0 Å². The Balaban J connectivity index is 2.60. The molecule has 0 aliphatic carbocycles. The van der Waals surface area contributed by atoms with Crippen LogP contribution in [0.25, 0.3) is 0 Å². The fraction of sp³-hybridized carbons (Fsp3) is 0.500. The summed E-state index contributed by atoms with van der Waals surface area (Å²) in [5.74, 6) is -2.70. The first-order valence-corrected chi connectivity index (χ1v) is 4.66. The number of aliphatic hydroxyl groups is 1. The van der Waals surface area contributed by atoms with Crippen LogP contribution in [0, 0.1) is 0 Å². The number of urea groups is 1. The van der Waals surface area contributed by atoms with Gasteiger partial charge in [-0.1, -0.05) is 0 Å². The van der Waals surface area contributed by atoms with E-state index in [9.17, 15) is 19.2 Å². The third-order valence-corrected chi connectivity index (χ3v) is 2.01. The smallest absolute Gasteiger partial charge is 0.328 e. The third-order valence-electron chi connectivity index (χ3n) is 2.01. The molecule has 1 unspecified atom stereocenters. The van der Waals surface area contributed by atoms with Gasteiger partial charge in [-0.25, -0.2) is 9.59 Å². The molecular formula is C8H11N3O6. The number of carbonyl (C=O) groups is 4. The Morgan fingerprint density at radius 3 is 2.29 bits per heavy atom. The summed E-state index contributed by atoms with van der Waals surface area (Å²) < 4.78 is 0. The maximum Gasteiger partial charge on any atom is 0.328 e. The van der Waals surface area contributed by atoms with Crippen LogP contribution in [0.3, 0.4) is 0 Å². The molecule has 0 bridgehead atoms. The standard InChI is InChI=1S/C8H11N3O6/c12-3-4(7(15)16)9-8(17)11-1-5(13)10-6(14)2-11/h4,12H,1-3H2,(H,9,17)(H,15,16)(H,10,13,14). The number of rotatable bonds is 3. The molecule has 4 amide bonds. The monoisotopic (exact) mass is 245 g/mol. The first kappa shape index (κ1) is 12.9. The Hall–Kier alpha value is -2.16. The van der Waals surface area contributed by atoms with Gasteiger partial charge < -0.3 is 20.4 Å². The van der Waals surface area contributed by atoms with Crippen molar-refractivity contribution in [2.24, 2.45) is 0 Å². The molecule has 0 aromatic rings. The highest BCUT2D eigenvalue weighted by atomic mass is 16.4. The van der Waals surface area contributed by atoms with Crippen molar-refractivity contribution >= 4 is 23.8 Å². The summed E-state index contributed by atoms with van der Waals surface area (Å²) >= 11 is 0. The van der Waals surface area contributed by atoms with Crippen molar-refractivity contribution in [2.45, 2.75) is 6.04 Å². The molecule has 1 atom stereocenters. The van der Waals surface area contributed by atoms with E-state index in [1.807, 2.05) is 10.6 Å². The molecule has 9 nitrogen and oxygen atoms in total. The quantitative estimate of drug-likeness (QED) is 0.394. The van der Waals surface area contributed by atoms with Gasteiger partial charge in [-0.15, -0.1) is 0 Å². The predicted molar refractivity (Wildman–Crippen MR) is 51.8 cm³/mol. The molecule has 1 aliphatic rings. The molecular weight excluding hydrogens is 234 g/mol. The van der Waals surface area contributed by atoms with E-state index < -0.39 is 36.5 Å². The van der Waals surface area contributed by atoms with E-state index in [-0.39, 0.29) is 13.1 Å². The average Bonchev–Trinajstić information content (AvgIpc) is 2.23. The lowest BCUT2D eigenvalue weighted by atomic mass is 10.3. The molecule has 1 saturated heterocycles. The van der Waals surface area contributed by atoms with E-state index in [0.717, 1.165) is 4.90 Å². The van der Waals surface area contributed by atoms with Crippen LogP contribution in [0.2, 0.25) is 0 Å². The van der Waals surface area contributed by atoms with Gasteiger partial charge in [0.2, 0.25) is 11.8 Å². The van der Waals surface area contributed by atoms with Crippen molar-refractivity contribution in [1.82, 2.24) is 15.5 Å². The molecule has 0 saturated carbocycles. The van der Waals surface area contributed by atoms with Gasteiger partial charge in [0.1, 0.15) is 13.1 Å². The van der Waals surface area contributed by atoms with Gasteiger partial charge in [-0.05, 0) is 0 Å². The summed E-state index contributed by atoms with van der Waals surface area (Å²) in [7, 11) is 0. The molecule has 1 heterocycles. The highest BCUT2D eigenvalue weighted by Gasteiger charge is 2.28. The highest BCUT2D eigenvalue weighted by molar-refractivity contribution is 6.02. The second-order valence-corrected chi connectivity index (χ2v) is 3.35. The molecule has 1 fully saturated rings. The van der Waals surface area contributed by atoms with Crippen molar-refractivity contribution < 1.29 is 29.4 Å². The number of carboxylic acid groups (broad SMARTS) is 1. The van der Waals surface area contributed by atoms with Crippen LogP contribution in [0.4, 0.5) is 4.79 Å². The lowest BCUT2D eigenvalue weighted by molar-refractivity contribution is -0.140. The topological polar surface area (TPSA) is 136 Å². The summed E-state index contributed by atoms with van der Waals surface area (Å²) in [6, 6.07) is -2.36. The van der Waals surface area contributed by atoms with Crippen LogP contribution in [0.15, 0.2) is 0 Å². The molecule has 17 heavy (non-hydrogen) atoms. The van der Waals surface area contributed by atoms with Crippen molar-refractivity contribution in [2.75, 3.05) is 19.7 Å². The number of amides is 4. The summed E-state index contributed by atoms with van der Waals surface area (Å²) in [5, 5.41) is 21.2. The Morgan fingerprint density at radius 2 is 1.88 bits per heavy atom. The Kier molecular flexibility index (Phi) is 3.99. The van der Waals surface area contributed by atoms with Gasteiger partial charge in [-0.3, -0.25) is 14.9 Å². The van der Waals surface area contributed by atoms with Gasteiger partial charge in [0.25, 0.3) is 0 Å². The van der Waals surface area contributed by atoms with Crippen LogP contribution in [0.1, 0.15) is 0 Å². The summed E-state index contributed by atoms with van der Waals surface area (Å²) in [5.41, 5.74) is 0. The minimum atomic E-state index is -1.47. The minimum absolute atomic E-state index is 0.338. The summed E-state index contributed by atoms with van der Waals surface area (Å²) in [6.45, 7) is -1.46. The van der Waals surface area contributed by atoms with Gasteiger partial charge in [-0.2, -0.15) is 0 Å². The first-order valence-electron chi connectivity index (χ1n) is 4.66. The molecule has 0 radical (unpaired) electrons. The minimum Gasteiger partial charge on any atom is -0.480 e. The maximum absolute atomic E-state index is 11.5. The SMILES string of the molecule is O=C1CN(C(=O)NC(CO)C(=O)O)CC(=O)N1.